The van der Waals surface area contributed by atoms with Gasteiger partial charge in [-0.05, 0) is 46.7 Å². The second kappa shape index (κ2) is 16.7. The van der Waals surface area contributed by atoms with E-state index in [1.807, 2.05) is 79.6 Å². The molecule has 0 saturated carbocycles. The van der Waals surface area contributed by atoms with Gasteiger partial charge in [-0.25, -0.2) is 0 Å². The summed E-state index contributed by atoms with van der Waals surface area (Å²) in [5.74, 6) is 0.631. The Bertz CT molecular complexity index is 1360. The van der Waals surface area contributed by atoms with Gasteiger partial charge in [0.25, 0.3) is 0 Å². The molecule has 4 aromatic rings. The molecule has 1 aliphatic rings. The molecule has 0 amide bonds. The first-order valence-corrected chi connectivity index (χ1v) is 15.5. The van der Waals surface area contributed by atoms with Crippen molar-refractivity contribution >= 4 is 35.0 Å². The summed E-state index contributed by atoms with van der Waals surface area (Å²) < 4.78 is 5.92. The predicted molar refractivity (Wildman–Crippen MR) is 174 cm³/mol. The first-order chi connectivity index (χ1) is 20.1. The highest BCUT2D eigenvalue weighted by Gasteiger charge is 2.35. The summed E-state index contributed by atoms with van der Waals surface area (Å²) in [6.45, 7) is 5.82. The average molecular weight is 608 g/mol. The van der Waals surface area contributed by atoms with Crippen LogP contribution in [-0.4, -0.2) is 45.9 Å². The zero-order valence-electron chi connectivity index (χ0n) is 23.2. The molecule has 0 radical (unpaired) electrons. The van der Waals surface area contributed by atoms with Gasteiger partial charge >= 0.3 is 0 Å². The number of thioether (sulfide) groups is 1. The number of halogens is 2. The predicted octanol–water partition coefficient (Wildman–Crippen LogP) is 7.52. The first kappa shape index (κ1) is 31.2. The van der Waals surface area contributed by atoms with Crippen molar-refractivity contribution in [1.29, 1.82) is 0 Å². The molecular formula is C33H36Cl2N4OS. The Morgan fingerprint density at radius 3 is 1.80 bits per heavy atom. The summed E-state index contributed by atoms with van der Waals surface area (Å²) in [7, 11) is 0. The summed E-state index contributed by atoms with van der Waals surface area (Å²) in [6.07, 6.45) is 9.54. The Balaban J connectivity index is 0.000000201. The summed E-state index contributed by atoms with van der Waals surface area (Å²) in [4.78, 5) is 8.26. The molecule has 41 heavy (non-hydrogen) atoms. The van der Waals surface area contributed by atoms with E-state index in [0.29, 0.717) is 12.5 Å². The van der Waals surface area contributed by atoms with Crippen molar-refractivity contribution in [2.75, 3.05) is 25.6 Å². The van der Waals surface area contributed by atoms with Gasteiger partial charge in [0, 0.05) is 68.0 Å². The highest BCUT2D eigenvalue weighted by molar-refractivity contribution is 8.03. The minimum atomic E-state index is -0.349. The van der Waals surface area contributed by atoms with E-state index < -0.39 is 0 Å². The maximum absolute atomic E-state index is 6.24. The molecule has 0 bridgehead atoms. The molecular weight excluding hydrogens is 571 g/mol. The Labute approximate surface area is 257 Å². The number of pyridine rings is 2. The lowest BCUT2D eigenvalue weighted by molar-refractivity contribution is 0.0475. The lowest BCUT2D eigenvalue weighted by atomic mass is 10.1. The molecule has 0 spiro atoms. The first-order valence-electron chi connectivity index (χ1n) is 13.7. The fourth-order valence-electron chi connectivity index (χ4n) is 4.20. The van der Waals surface area contributed by atoms with Crippen LogP contribution < -0.4 is 10.6 Å². The summed E-state index contributed by atoms with van der Waals surface area (Å²) in [6, 6.07) is 24.9. The Kier molecular flexibility index (Phi) is 12.7. The fraction of sp³-hybridized carbons (Fsp3) is 0.273. The van der Waals surface area contributed by atoms with Gasteiger partial charge < -0.3 is 15.4 Å². The Morgan fingerprint density at radius 1 is 0.780 bits per heavy atom. The molecule has 0 aliphatic carbocycles. The lowest BCUT2D eigenvalue weighted by Gasteiger charge is -2.27. The number of nitrogens with one attached hydrogen (secondary N) is 2. The SMILES string of the molecule is CC1(OCCNCc2cncc(-c3ccccc3)c2)SC=CC1Cl.ClCCNCc1cncc(-c2ccccc2)c1. The van der Waals surface area contributed by atoms with Crippen LogP contribution >= 0.6 is 35.0 Å². The maximum atomic E-state index is 6.24. The van der Waals surface area contributed by atoms with E-state index in [1.165, 1.54) is 16.7 Å². The summed E-state index contributed by atoms with van der Waals surface area (Å²) in [5.41, 5.74) is 7.00. The highest BCUT2D eigenvalue weighted by Crippen LogP contribution is 2.40. The standard InChI is InChI=1S/C19H21ClN2OS.C14H15ClN2/c1-19(18(20)7-10-24-19)23-9-8-21-12-15-11-17(14-22-13-15)16-5-3-2-4-6-16;15-6-7-16-9-12-8-14(11-17-10-12)13-4-2-1-3-5-13/h2-7,10-11,13-14,18,21H,8-9,12H2,1H3;1-5,8,10-11,16H,6-7,9H2. The van der Waals surface area contributed by atoms with Crippen molar-refractivity contribution in [3.8, 4) is 22.3 Å². The molecule has 214 valence electrons. The molecule has 2 atom stereocenters. The van der Waals surface area contributed by atoms with Crippen molar-refractivity contribution in [2.45, 2.75) is 30.3 Å². The number of hydrogen-bond donors (Lipinski definition) is 2. The lowest BCUT2D eigenvalue weighted by Crippen LogP contribution is -2.34. The molecule has 8 heteroatoms. The van der Waals surface area contributed by atoms with Crippen LogP contribution in [0.2, 0.25) is 0 Å². The molecule has 5 rings (SSSR count). The Hall–Kier alpha value is -2.71. The van der Waals surface area contributed by atoms with Crippen LogP contribution in [0.15, 0.2) is 109 Å². The number of ether oxygens (including phenoxy) is 1. The van der Waals surface area contributed by atoms with E-state index >= 15 is 0 Å². The topological polar surface area (TPSA) is 59.1 Å². The van der Waals surface area contributed by atoms with E-state index in [0.717, 1.165) is 42.9 Å². The third-order valence-corrected chi connectivity index (χ3v) is 8.46. The van der Waals surface area contributed by atoms with Crippen LogP contribution in [0.5, 0.6) is 0 Å². The van der Waals surface area contributed by atoms with Gasteiger partial charge in [-0.3, -0.25) is 9.97 Å². The minimum Gasteiger partial charge on any atom is -0.361 e. The quantitative estimate of drug-likeness (QED) is 0.128. The Morgan fingerprint density at radius 2 is 1.32 bits per heavy atom. The van der Waals surface area contributed by atoms with Gasteiger partial charge in [0.15, 0.2) is 0 Å². The highest BCUT2D eigenvalue weighted by atomic mass is 35.5. The van der Waals surface area contributed by atoms with E-state index in [9.17, 15) is 0 Å². The van der Waals surface area contributed by atoms with Crippen LogP contribution in [0.25, 0.3) is 22.3 Å². The monoisotopic (exact) mass is 606 g/mol. The van der Waals surface area contributed by atoms with E-state index in [-0.39, 0.29) is 10.3 Å². The second-order valence-electron chi connectivity index (χ2n) is 9.65. The molecule has 2 unspecified atom stereocenters. The van der Waals surface area contributed by atoms with Crippen LogP contribution in [0.3, 0.4) is 0 Å². The normalized spacial score (nSPS) is 17.7. The van der Waals surface area contributed by atoms with Gasteiger partial charge in [0.2, 0.25) is 0 Å². The van der Waals surface area contributed by atoms with E-state index in [2.05, 4.69) is 57.0 Å². The third-order valence-electron chi connectivity index (χ3n) is 6.45. The molecule has 2 aromatic carbocycles. The molecule has 0 saturated heterocycles. The summed E-state index contributed by atoms with van der Waals surface area (Å²) >= 11 is 13.5. The van der Waals surface area contributed by atoms with Gasteiger partial charge in [0.1, 0.15) is 4.93 Å². The molecule has 2 aromatic heterocycles. The number of aromatic nitrogens is 2. The number of benzene rings is 2. The molecule has 1 aliphatic heterocycles. The minimum absolute atomic E-state index is 0.0748. The van der Waals surface area contributed by atoms with Gasteiger partial charge in [0.05, 0.1) is 12.0 Å². The molecule has 2 N–H and O–H groups in total. The molecule has 0 fully saturated rings. The van der Waals surface area contributed by atoms with E-state index in [4.69, 9.17) is 27.9 Å². The van der Waals surface area contributed by atoms with Gasteiger partial charge in [-0.15, -0.1) is 23.2 Å². The van der Waals surface area contributed by atoms with Crippen molar-refractivity contribution in [3.05, 3.63) is 120 Å². The van der Waals surface area contributed by atoms with Crippen molar-refractivity contribution < 1.29 is 4.74 Å². The van der Waals surface area contributed by atoms with Crippen LogP contribution in [-0.2, 0) is 17.8 Å². The average Bonchev–Trinajstić information content (AvgIpc) is 3.36. The van der Waals surface area contributed by atoms with Crippen molar-refractivity contribution in [1.82, 2.24) is 20.6 Å². The van der Waals surface area contributed by atoms with Crippen molar-refractivity contribution in [2.24, 2.45) is 0 Å². The van der Waals surface area contributed by atoms with Crippen LogP contribution in [0.1, 0.15) is 18.1 Å². The van der Waals surface area contributed by atoms with Crippen LogP contribution in [0.4, 0.5) is 0 Å². The third kappa shape index (κ3) is 9.96. The summed E-state index contributed by atoms with van der Waals surface area (Å²) in [5, 5.41) is 8.59. The van der Waals surface area contributed by atoms with Crippen LogP contribution in [0, 0.1) is 0 Å². The number of hydrogen-bond acceptors (Lipinski definition) is 6. The molecule has 5 nitrogen and oxygen atoms in total. The zero-order valence-corrected chi connectivity index (χ0v) is 25.5. The fourth-order valence-corrected chi connectivity index (χ4v) is 5.58. The van der Waals surface area contributed by atoms with Crippen molar-refractivity contribution in [3.63, 3.8) is 0 Å². The number of alkyl halides is 2. The number of nitrogens with zero attached hydrogens (tertiary/aromatic N) is 2. The largest absolute Gasteiger partial charge is 0.361 e. The van der Waals surface area contributed by atoms with Gasteiger partial charge in [-0.1, -0.05) is 78.5 Å². The maximum Gasteiger partial charge on any atom is 0.134 e. The van der Waals surface area contributed by atoms with E-state index in [1.54, 1.807) is 11.8 Å². The second-order valence-corrected chi connectivity index (χ2v) is 11.8. The molecule has 3 heterocycles. The number of rotatable bonds is 12. The smallest absolute Gasteiger partial charge is 0.134 e. The van der Waals surface area contributed by atoms with Gasteiger partial charge in [-0.2, -0.15) is 0 Å². The zero-order chi connectivity index (χ0) is 28.8.